The van der Waals surface area contributed by atoms with E-state index in [1.165, 1.54) is 24.3 Å². The maximum Gasteiger partial charge on any atom is 0.173 e. The second-order valence-electron chi connectivity index (χ2n) is 7.37. The van der Waals surface area contributed by atoms with E-state index in [-0.39, 0.29) is 34.8 Å². The van der Waals surface area contributed by atoms with Crippen LogP contribution in [0.2, 0.25) is 0 Å². The quantitative estimate of drug-likeness (QED) is 0.527. The summed E-state index contributed by atoms with van der Waals surface area (Å²) < 4.78 is 50.0. The average Bonchev–Trinajstić information content (AvgIpc) is 2.73. The highest BCUT2D eigenvalue weighted by Crippen LogP contribution is 2.37. The van der Waals surface area contributed by atoms with E-state index >= 15 is 0 Å². The maximum atomic E-state index is 14.8. The van der Waals surface area contributed by atoms with Gasteiger partial charge >= 0.3 is 0 Å². The second-order valence-corrected chi connectivity index (χ2v) is 7.37. The summed E-state index contributed by atoms with van der Waals surface area (Å²) in [7, 11) is 0. The van der Waals surface area contributed by atoms with E-state index in [0.29, 0.717) is 31.4 Å². The van der Waals surface area contributed by atoms with Crippen molar-refractivity contribution >= 4 is 11.4 Å². The molecule has 1 N–H and O–H groups in total. The molecule has 0 spiro atoms. The molecule has 0 amide bonds. The number of rotatable bonds is 7. The SMILES string of the molecule is CCCC(=O)c1ccc(-c2ccc(C3=CCC(OCC)CC3)c(F)c2F)c(F)c1O. The van der Waals surface area contributed by atoms with Crippen LogP contribution < -0.4 is 0 Å². The van der Waals surface area contributed by atoms with Crippen LogP contribution in [-0.4, -0.2) is 23.6 Å². The number of aromatic hydroxyl groups is 1. The first-order valence-corrected chi connectivity index (χ1v) is 10.2. The smallest absolute Gasteiger partial charge is 0.173 e. The lowest BCUT2D eigenvalue weighted by Crippen LogP contribution is -2.15. The minimum atomic E-state index is -1.19. The molecule has 0 aliphatic heterocycles. The standard InChI is InChI=1S/C24H25F3O3/c1-3-5-20(28)19-13-12-18(23(27)24(19)29)17-11-10-16(21(25)22(17)26)14-6-8-15(9-7-14)30-4-2/h6,10-13,15,29H,3-5,7-9H2,1-2H3. The number of ketones is 1. The summed E-state index contributed by atoms with van der Waals surface area (Å²) in [5.74, 6) is -4.63. The first-order chi connectivity index (χ1) is 14.4. The number of ether oxygens (including phenoxy) is 1. The van der Waals surface area contributed by atoms with Gasteiger partial charge in [-0.2, -0.15) is 0 Å². The zero-order valence-corrected chi connectivity index (χ0v) is 17.1. The van der Waals surface area contributed by atoms with Crippen LogP contribution in [0.25, 0.3) is 16.7 Å². The number of hydrogen-bond acceptors (Lipinski definition) is 3. The van der Waals surface area contributed by atoms with Crippen molar-refractivity contribution in [2.45, 2.75) is 52.1 Å². The number of Topliss-reactive ketones (excluding diaryl/α,β-unsaturated/α-hetero) is 1. The van der Waals surface area contributed by atoms with Gasteiger partial charge in [0.25, 0.3) is 0 Å². The Balaban J connectivity index is 1.95. The van der Waals surface area contributed by atoms with E-state index in [9.17, 15) is 23.1 Å². The predicted molar refractivity (Wildman–Crippen MR) is 110 cm³/mol. The third-order valence-corrected chi connectivity index (χ3v) is 5.38. The van der Waals surface area contributed by atoms with E-state index in [1.807, 2.05) is 13.0 Å². The van der Waals surface area contributed by atoms with Crippen LogP contribution in [0.15, 0.2) is 30.3 Å². The zero-order chi connectivity index (χ0) is 21.8. The summed E-state index contributed by atoms with van der Waals surface area (Å²) in [4.78, 5) is 12.0. The minimum absolute atomic E-state index is 0.0805. The minimum Gasteiger partial charge on any atom is -0.504 e. The molecule has 2 aromatic rings. The van der Waals surface area contributed by atoms with Crippen molar-refractivity contribution in [3.63, 3.8) is 0 Å². The molecular formula is C24H25F3O3. The lowest BCUT2D eigenvalue weighted by atomic mass is 9.90. The molecule has 0 bridgehead atoms. The van der Waals surface area contributed by atoms with Gasteiger partial charge in [0.15, 0.2) is 29.0 Å². The number of carbonyl (C=O) groups excluding carboxylic acids is 1. The fourth-order valence-corrected chi connectivity index (χ4v) is 3.81. The summed E-state index contributed by atoms with van der Waals surface area (Å²) in [5.41, 5.74) is 0.0785. The Bertz CT molecular complexity index is 982. The van der Waals surface area contributed by atoms with E-state index in [2.05, 4.69) is 0 Å². The van der Waals surface area contributed by atoms with Crippen LogP contribution in [0.5, 0.6) is 5.75 Å². The molecule has 6 heteroatoms. The molecule has 3 nitrogen and oxygen atoms in total. The van der Waals surface area contributed by atoms with Crippen molar-refractivity contribution in [3.05, 3.63) is 58.9 Å². The van der Waals surface area contributed by atoms with E-state index in [1.54, 1.807) is 6.92 Å². The number of halogens is 3. The van der Waals surface area contributed by atoms with E-state index in [4.69, 9.17) is 4.74 Å². The Kier molecular flexibility index (Phi) is 6.98. The van der Waals surface area contributed by atoms with Crippen LogP contribution in [0, 0.1) is 17.5 Å². The summed E-state index contributed by atoms with van der Waals surface area (Å²) in [5, 5.41) is 10.1. The fraction of sp³-hybridized carbons (Fsp3) is 0.375. The van der Waals surface area contributed by atoms with Crippen molar-refractivity contribution in [1.29, 1.82) is 0 Å². The Morgan fingerprint density at radius 2 is 1.67 bits per heavy atom. The van der Waals surface area contributed by atoms with Gasteiger partial charge in [0.2, 0.25) is 0 Å². The summed E-state index contributed by atoms with van der Waals surface area (Å²) >= 11 is 0. The molecule has 0 heterocycles. The summed E-state index contributed by atoms with van der Waals surface area (Å²) in [6.07, 6.45) is 4.54. The normalized spacial score (nSPS) is 16.4. The second kappa shape index (κ2) is 9.47. The molecule has 1 atom stereocenters. The molecule has 0 radical (unpaired) electrons. The Hall–Kier alpha value is -2.60. The van der Waals surface area contributed by atoms with Crippen LogP contribution >= 0.6 is 0 Å². The van der Waals surface area contributed by atoms with Gasteiger partial charge in [-0.1, -0.05) is 31.2 Å². The largest absolute Gasteiger partial charge is 0.504 e. The van der Waals surface area contributed by atoms with Crippen LogP contribution in [-0.2, 0) is 4.74 Å². The molecule has 0 saturated carbocycles. The van der Waals surface area contributed by atoms with Gasteiger partial charge in [0, 0.05) is 29.7 Å². The molecule has 3 rings (SSSR count). The number of phenolic OH excluding ortho intramolecular Hbond substituents is 1. The van der Waals surface area contributed by atoms with Crippen molar-refractivity contribution in [2.24, 2.45) is 0 Å². The molecule has 0 fully saturated rings. The number of carbonyl (C=O) groups is 1. The Labute approximate surface area is 174 Å². The third-order valence-electron chi connectivity index (χ3n) is 5.38. The lowest BCUT2D eigenvalue weighted by Gasteiger charge is -2.22. The van der Waals surface area contributed by atoms with Crippen molar-refractivity contribution in [1.82, 2.24) is 0 Å². The van der Waals surface area contributed by atoms with Gasteiger partial charge in [-0.05, 0) is 44.2 Å². The monoisotopic (exact) mass is 418 g/mol. The predicted octanol–water partition coefficient (Wildman–Crippen LogP) is 6.43. The molecule has 2 aromatic carbocycles. The Morgan fingerprint density at radius 1 is 1.03 bits per heavy atom. The van der Waals surface area contributed by atoms with Crippen molar-refractivity contribution < 1.29 is 27.8 Å². The first kappa shape index (κ1) is 22.1. The highest BCUT2D eigenvalue weighted by atomic mass is 19.2. The molecule has 0 aromatic heterocycles. The van der Waals surface area contributed by atoms with Gasteiger partial charge in [-0.15, -0.1) is 0 Å². The molecule has 1 aliphatic rings. The topological polar surface area (TPSA) is 46.5 Å². The third kappa shape index (κ3) is 4.29. The molecule has 30 heavy (non-hydrogen) atoms. The molecule has 1 unspecified atom stereocenters. The van der Waals surface area contributed by atoms with Crippen molar-refractivity contribution in [3.8, 4) is 16.9 Å². The van der Waals surface area contributed by atoms with Crippen molar-refractivity contribution in [2.75, 3.05) is 6.61 Å². The number of hydrogen-bond donors (Lipinski definition) is 1. The van der Waals surface area contributed by atoms with Gasteiger partial charge in [0.1, 0.15) is 0 Å². The highest BCUT2D eigenvalue weighted by molar-refractivity contribution is 5.99. The summed E-state index contributed by atoms with van der Waals surface area (Å²) in [6, 6.07) is 5.17. The van der Waals surface area contributed by atoms with Crippen LogP contribution in [0.3, 0.4) is 0 Å². The average molecular weight is 418 g/mol. The Morgan fingerprint density at radius 3 is 2.30 bits per heavy atom. The van der Waals surface area contributed by atoms with Crippen LogP contribution in [0.4, 0.5) is 13.2 Å². The van der Waals surface area contributed by atoms with Gasteiger partial charge in [-0.3, -0.25) is 4.79 Å². The molecule has 0 saturated heterocycles. The fourth-order valence-electron chi connectivity index (χ4n) is 3.81. The lowest BCUT2D eigenvalue weighted by molar-refractivity contribution is 0.0579. The maximum absolute atomic E-state index is 14.8. The molecular weight excluding hydrogens is 393 g/mol. The number of benzene rings is 2. The highest BCUT2D eigenvalue weighted by Gasteiger charge is 2.24. The van der Waals surface area contributed by atoms with E-state index < -0.39 is 29.0 Å². The van der Waals surface area contributed by atoms with Crippen LogP contribution in [0.1, 0.15) is 61.9 Å². The summed E-state index contributed by atoms with van der Waals surface area (Å²) in [6.45, 7) is 4.31. The zero-order valence-electron chi connectivity index (χ0n) is 17.1. The van der Waals surface area contributed by atoms with Gasteiger partial charge in [-0.25, -0.2) is 13.2 Å². The number of phenols is 1. The van der Waals surface area contributed by atoms with E-state index in [0.717, 1.165) is 6.42 Å². The number of allylic oxidation sites excluding steroid dienone is 1. The van der Waals surface area contributed by atoms with Gasteiger partial charge in [0.05, 0.1) is 11.7 Å². The van der Waals surface area contributed by atoms with Gasteiger partial charge < -0.3 is 9.84 Å². The first-order valence-electron chi connectivity index (χ1n) is 10.2. The molecule has 160 valence electrons. The molecule has 1 aliphatic carbocycles.